The molecular weight excluding hydrogens is 574 g/mol. The summed E-state index contributed by atoms with van der Waals surface area (Å²) in [4.78, 5) is 16.0. The second-order valence-corrected chi connectivity index (χ2v) is 12.1. The minimum absolute atomic E-state index is 0.0105. The number of methoxy groups -OCH3 is 1. The van der Waals surface area contributed by atoms with E-state index in [9.17, 15) is 10.1 Å². The number of ether oxygens (including phenoxy) is 2. The highest BCUT2D eigenvalue weighted by Gasteiger charge is 2.22. The Balaban J connectivity index is 1.16. The average molecular weight is 612 g/mol. The summed E-state index contributed by atoms with van der Waals surface area (Å²) in [6.07, 6.45) is 15.9. The molecule has 3 heterocycles. The average Bonchev–Trinajstić information content (AvgIpc) is 3.84. The molecule has 13 heteroatoms. The molecule has 0 atom stereocenters. The second-order valence-electron chi connectivity index (χ2n) is 12.1. The van der Waals surface area contributed by atoms with Gasteiger partial charge in [0.15, 0.2) is 11.5 Å². The van der Waals surface area contributed by atoms with E-state index in [1.54, 1.807) is 13.2 Å². The maximum atomic E-state index is 11.5. The number of fused-ring (bicyclic) bond motifs is 1. The zero-order valence-corrected chi connectivity index (χ0v) is 25.4. The quantitative estimate of drug-likeness (QED) is 0.129. The van der Waals surface area contributed by atoms with Gasteiger partial charge in [0.05, 0.1) is 54.1 Å². The van der Waals surface area contributed by atoms with Gasteiger partial charge in [0.2, 0.25) is 0 Å². The summed E-state index contributed by atoms with van der Waals surface area (Å²) in [5.74, 6) is 1.75. The molecule has 45 heavy (non-hydrogen) atoms. The van der Waals surface area contributed by atoms with E-state index in [2.05, 4.69) is 20.6 Å². The third-order valence-electron chi connectivity index (χ3n) is 9.07. The maximum absolute atomic E-state index is 11.5. The normalized spacial score (nSPS) is 16.3. The highest BCUT2D eigenvalue weighted by molar-refractivity contribution is 5.83. The van der Waals surface area contributed by atoms with Gasteiger partial charge in [-0.3, -0.25) is 10.1 Å². The molecule has 0 aliphatic heterocycles. The smallest absolute Gasteiger partial charge is 0.271 e. The number of imidazole rings is 1. The Kier molecular flexibility index (Phi) is 8.14. The molecule has 0 unspecified atom stereocenters. The zero-order chi connectivity index (χ0) is 30.8. The molecule has 0 bridgehead atoms. The Bertz CT molecular complexity index is 1800. The predicted octanol–water partition coefficient (Wildman–Crippen LogP) is 6.44. The molecule has 234 valence electrons. The fraction of sp³-hybridized carbons (Fsp3) is 0.469. The standard InChI is InChI=1S/C32H37N9O4/c1-44-31-16-22(12-15-30(31)45-21-24-20-40(37-35-24)26-10-6-3-7-11-26)32-33-28-17-27(41(42)43)13-14-29(28)38(32)18-23-19-39(36-34-23)25-8-4-2-5-9-25/h12-17,19-20,25-26H,2-11,18,21H2,1H3. The van der Waals surface area contributed by atoms with E-state index in [0.717, 1.165) is 48.2 Å². The summed E-state index contributed by atoms with van der Waals surface area (Å²) in [6.45, 7) is 0.675. The SMILES string of the molecule is COc1cc(-c2nc3cc([N+](=O)[O-])ccc3n2Cc2cn(C3CCCCC3)nn2)ccc1OCc1cn(C2CCCCC2)nn1. The van der Waals surface area contributed by atoms with E-state index in [1.807, 2.05) is 44.5 Å². The number of nitrogens with zero attached hydrogens (tertiary/aromatic N) is 9. The van der Waals surface area contributed by atoms with Crippen LogP contribution >= 0.6 is 0 Å². The summed E-state index contributed by atoms with van der Waals surface area (Å²) in [5.41, 5.74) is 3.62. The van der Waals surface area contributed by atoms with Gasteiger partial charge in [-0.25, -0.2) is 14.3 Å². The van der Waals surface area contributed by atoms with Crippen molar-refractivity contribution in [3.8, 4) is 22.9 Å². The Morgan fingerprint density at radius 2 is 1.51 bits per heavy atom. The summed E-state index contributed by atoms with van der Waals surface area (Å²) in [7, 11) is 1.60. The molecule has 0 saturated heterocycles. The van der Waals surface area contributed by atoms with Crippen LogP contribution in [0.5, 0.6) is 11.5 Å². The second kappa shape index (κ2) is 12.7. The highest BCUT2D eigenvalue weighted by Crippen LogP contribution is 2.35. The van der Waals surface area contributed by atoms with Crippen LogP contribution in [0.15, 0.2) is 48.8 Å². The minimum Gasteiger partial charge on any atom is -0.493 e. The lowest BCUT2D eigenvalue weighted by molar-refractivity contribution is -0.384. The monoisotopic (exact) mass is 611 g/mol. The molecule has 2 aromatic carbocycles. The predicted molar refractivity (Wildman–Crippen MR) is 166 cm³/mol. The van der Waals surface area contributed by atoms with Crippen LogP contribution in [0.25, 0.3) is 22.4 Å². The van der Waals surface area contributed by atoms with E-state index in [-0.39, 0.29) is 12.3 Å². The number of hydrogen-bond donors (Lipinski definition) is 0. The Labute approximate surface area is 260 Å². The van der Waals surface area contributed by atoms with Crippen LogP contribution in [-0.2, 0) is 13.2 Å². The van der Waals surface area contributed by atoms with E-state index < -0.39 is 4.92 Å². The summed E-state index contributed by atoms with van der Waals surface area (Å²) in [6, 6.07) is 11.2. The van der Waals surface area contributed by atoms with Gasteiger partial charge in [0.1, 0.15) is 23.8 Å². The lowest BCUT2D eigenvalue weighted by atomic mass is 9.96. The number of nitro benzene ring substituents is 1. The third-order valence-corrected chi connectivity index (χ3v) is 9.07. The maximum Gasteiger partial charge on any atom is 0.271 e. The van der Waals surface area contributed by atoms with Crippen LogP contribution in [0.3, 0.4) is 0 Å². The molecule has 0 spiro atoms. The number of nitro groups is 1. The van der Waals surface area contributed by atoms with Crippen LogP contribution in [0.2, 0.25) is 0 Å². The van der Waals surface area contributed by atoms with Crippen molar-refractivity contribution in [1.29, 1.82) is 0 Å². The molecule has 3 aromatic heterocycles. The van der Waals surface area contributed by atoms with E-state index in [4.69, 9.17) is 14.5 Å². The van der Waals surface area contributed by atoms with Crippen LogP contribution in [0.4, 0.5) is 5.69 Å². The van der Waals surface area contributed by atoms with Gasteiger partial charge in [-0.05, 0) is 49.9 Å². The third kappa shape index (κ3) is 6.11. The van der Waals surface area contributed by atoms with Crippen molar-refractivity contribution in [2.24, 2.45) is 0 Å². The number of non-ortho nitro benzene ring substituents is 1. The number of rotatable bonds is 10. The molecule has 5 aromatic rings. The Morgan fingerprint density at radius 1 is 0.844 bits per heavy atom. The topological polar surface area (TPSA) is 141 Å². The minimum atomic E-state index is -0.406. The van der Waals surface area contributed by atoms with Gasteiger partial charge in [-0.2, -0.15) is 0 Å². The molecule has 13 nitrogen and oxygen atoms in total. The lowest BCUT2D eigenvalue weighted by Gasteiger charge is -2.20. The first kappa shape index (κ1) is 28.9. The van der Waals surface area contributed by atoms with Crippen LogP contribution in [0.1, 0.15) is 87.7 Å². The van der Waals surface area contributed by atoms with Gasteiger partial charge in [0, 0.05) is 17.7 Å². The van der Waals surface area contributed by atoms with Gasteiger partial charge >= 0.3 is 0 Å². The first-order valence-corrected chi connectivity index (χ1v) is 15.8. The van der Waals surface area contributed by atoms with E-state index in [0.29, 0.717) is 41.5 Å². The summed E-state index contributed by atoms with van der Waals surface area (Å²) < 4.78 is 17.8. The van der Waals surface area contributed by atoms with E-state index in [1.165, 1.54) is 50.7 Å². The molecular formula is C32H37N9O4. The van der Waals surface area contributed by atoms with Crippen LogP contribution < -0.4 is 9.47 Å². The molecule has 2 aliphatic rings. The van der Waals surface area contributed by atoms with Crippen LogP contribution in [0, 0.1) is 10.1 Å². The van der Waals surface area contributed by atoms with Gasteiger partial charge in [-0.15, -0.1) is 10.2 Å². The Morgan fingerprint density at radius 3 is 2.18 bits per heavy atom. The van der Waals surface area contributed by atoms with E-state index >= 15 is 0 Å². The van der Waals surface area contributed by atoms with Crippen molar-refractivity contribution in [3.63, 3.8) is 0 Å². The molecule has 0 N–H and O–H groups in total. The van der Waals surface area contributed by atoms with Crippen molar-refractivity contribution >= 4 is 16.7 Å². The fourth-order valence-electron chi connectivity index (χ4n) is 6.67. The van der Waals surface area contributed by atoms with Crippen molar-refractivity contribution in [2.75, 3.05) is 7.11 Å². The van der Waals surface area contributed by atoms with Crippen molar-refractivity contribution < 1.29 is 14.4 Å². The summed E-state index contributed by atoms with van der Waals surface area (Å²) in [5, 5.41) is 29.1. The lowest BCUT2D eigenvalue weighted by Crippen LogP contribution is -2.13. The molecule has 0 amide bonds. The van der Waals surface area contributed by atoms with Crippen molar-refractivity contribution in [2.45, 2.75) is 89.4 Å². The highest BCUT2D eigenvalue weighted by atomic mass is 16.6. The number of aromatic nitrogens is 8. The van der Waals surface area contributed by atoms with Crippen LogP contribution in [-0.4, -0.2) is 51.6 Å². The molecule has 2 saturated carbocycles. The van der Waals surface area contributed by atoms with Gasteiger partial charge < -0.3 is 14.0 Å². The van der Waals surface area contributed by atoms with Gasteiger partial charge in [0.25, 0.3) is 5.69 Å². The van der Waals surface area contributed by atoms with Gasteiger partial charge in [-0.1, -0.05) is 49.0 Å². The summed E-state index contributed by atoms with van der Waals surface area (Å²) >= 11 is 0. The molecule has 2 aliphatic carbocycles. The largest absolute Gasteiger partial charge is 0.493 e. The molecule has 2 fully saturated rings. The molecule has 0 radical (unpaired) electrons. The molecule has 7 rings (SSSR count). The number of benzene rings is 2. The zero-order valence-electron chi connectivity index (χ0n) is 25.4. The first-order chi connectivity index (χ1) is 22.1. The number of hydrogen-bond acceptors (Lipinski definition) is 9. The van der Waals surface area contributed by atoms with Crippen molar-refractivity contribution in [1.82, 2.24) is 39.5 Å². The van der Waals surface area contributed by atoms with Crippen molar-refractivity contribution in [3.05, 3.63) is 70.3 Å². The fourth-order valence-corrected chi connectivity index (χ4v) is 6.67. The first-order valence-electron chi connectivity index (χ1n) is 15.8. The Hall–Kier alpha value is -4.81.